The van der Waals surface area contributed by atoms with E-state index in [2.05, 4.69) is 4.90 Å². The van der Waals surface area contributed by atoms with Crippen LogP contribution < -0.4 is 0 Å². The molecular weight excluding hydrogens is 224 g/mol. The summed E-state index contributed by atoms with van der Waals surface area (Å²) in [6, 6.07) is 0. The predicted octanol–water partition coefficient (Wildman–Crippen LogP) is 2.51. The minimum absolute atomic E-state index is 0.263. The second kappa shape index (κ2) is 6.10. The third-order valence-electron chi connectivity index (χ3n) is 4.13. The quantitative estimate of drug-likeness (QED) is 0.828. The molecule has 0 unspecified atom stereocenters. The van der Waals surface area contributed by atoms with Gasteiger partial charge < -0.3 is 10.0 Å². The fraction of sp³-hybridized carbons (Fsp3) is 1.00. The second-order valence-electron chi connectivity index (χ2n) is 5.71. The minimum Gasteiger partial charge on any atom is -0.392 e. The van der Waals surface area contributed by atoms with Gasteiger partial charge in [0.05, 0.1) is 6.10 Å². The molecule has 1 saturated carbocycles. The van der Waals surface area contributed by atoms with Crippen molar-refractivity contribution >= 4 is 0 Å². The Morgan fingerprint density at radius 2 is 1.82 bits per heavy atom. The van der Waals surface area contributed by atoms with E-state index in [0.29, 0.717) is 19.0 Å². The van der Waals surface area contributed by atoms with Crippen LogP contribution in [0.25, 0.3) is 0 Å². The summed E-state index contributed by atoms with van der Waals surface area (Å²) in [5.74, 6) is 0.0229. The molecule has 4 heteroatoms. The van der Waals surface area contributed by atoms with E-state index in [9.17, 15) is 13.9 Å². The van der Waals surface area contributed by atoms with Crippen molar-refractivity contribution in [3.8, 4) is 0 Å². The Bertz CT molecular complexity index is 231. The molecule has 1 N–H and O–H groups in total. The highest BCUT2D eigenvalue weighted by Gasteiger charge is 2.32. The lowest BCUT2D eigenvalue weighted by atomic mass is 9.87. The average molecular weight is 247 g/mol. The summed E-state index contributed by atoms with van der Waals surface area (Å²) < 4.78 is 25.4. The van der Waals surface area contributed by atoms with Crippen LogP contribution in [0, 0.1) is 11.8 Å². The highest BCUT2D eigenvalue weighted by atomic mass is 19.3. The fourth-order valence-electron chi connectivity index (χ4n) is 3.27. The van der Waals surface area contributed by atoms with Crippen LogP contribution >= 0.6 is 0 Å². The average Bonchev–Trinajstić information content (AvgIpc) is 2.29. The maximum absolute atomic E-state index is 12.7. The summed E-state index contributed by atoms with van der Waals surface area (Å²) in [5.41, 5.74) is 0. The van der Waals surface area contributed by atoms with Gasteiger partial charge in [0, 0.05) is 25.6 Å². The number of hydrogen-bond donors (Lipinski definition) is 1. The van der Waals surface area contributed by atoms with Crippen LogP contribution in [0.15, 0.2) is 0 Å². The van der Waals surface area contributed by atoms with Gasteiger partial charge in [-0.1, -0.05) is 19.3 Å². The van der Waals surface area contributed by atoms with Gasteiger partial charge in [-0.25, -0.2) is 8.78 Å². The molecule has 2 fully saturated rings. The number of aliphatic hydroxyl groups excluding tert-OH is 1. The third kappa shape index (κ3) is 3.88. The summed E-state index contributed by atoms with van der Waals surface area (Å²) in [6.45, 7) is 1.95. The standard InChI is InChI=1S/C13H23F2NO/c14-13(15)11-6-12(17)9-16(8-11)7-10-4-2-1-3-5-10/h10-13,17H,1-9H2/t11-,12+/m1/s1. The van der Waals surface area contributed by atoms with E-state index in [1.54, 1.807) is 0 Å². The maximum atomic E-state index is 12.7. The summed E-state index contributed by atoms with van der Waals surface area (Å²) in [5, 5.41) is 9.65. The van der Waals surface area contributed by atoms with Gasteiger partial charge in [0.15, 0.2) is 0 Å². The van der Waals surface area contributed by atoms with E-state index < -0.39 is 18.4 Å². The van der Waals surface area contributed by atoms with Gasteiger partial charge in [0.1, 0.15) is 0 Å². The molecule has 1 aliphatic carbocycles. The Hall–Kier alpha value is -0.220. The van der Waals surface area contributed by atoms with Gasteiger partial charge in [0.2, 0.25) is 6.43 Å². The number of halogens is 2. The Balaban J connectivity index is 1.82. The largest absolute Gasteiger partial charge is 0.392 e. The molecule has 2 aliphatic rings. The number of nitrogens with zero attached hydrogens (tertiary/aromatic N) is 1. The first kappa shape index (κ1) is 13.2. The van der Waals surface area contributed by atoms with Crippen molar-refractivity contribution in [2.24, 2.45) is 11.8 Å². The number of piperidine rings is 1. The van der Waals surface area contributed by atoms with Crippen LogP contribution in [-0.4, -0.2) is 42.2 Å². The van der Waals surface area contributed by atoms with Gasteiger partial charge in [-0.15, -0.1) is 0 Å². The smallest absolute Gasteiger partial charge is 0.242 e. The van der Waals surface area contributed by atoms with Crippen LogP contribution in [0.2, 0.25) is 0 Å². The number of alkyl halides is 2. The van der Waals surface area contributed by atoms with Crippen LogP contribution in [0.3, 0.4) is 0 Å². The van der Waals surface area contributed by atoms with E-state index >= 15 is 0 Å². The van der Waals surface area contributed by atoms with E-state index in [4.69, 9.17) is 0 Å². The highest BCUT2D eigenvalue weighted by Crippen LogP contribution is 2.28. The van der Waals surface area contributed by atoms with E-state index in [1.807, 2.05) is 0 Å². The van der Waals surface area contributed by atoms with Crippen molar-refractivity contribution in [3.63, 3.8) is 0 Å². The van der Waals surface area contributed by atoms with Crippen molar-refractivity contribution < 1.29 is 13.9 Å². The number of β-amino-alcohol motifs (C(OH)–C–C–N with tert-alkyl or cyclic N) is 1. The van der Waals surface area contributed by atoms with Gasteiger partial charge in [-0.05, 0) is 25.2 Å². The summed E-state index contributed by atoms with van der Waals surface area (Å²) in [7, 11) is 0. The lowest BCUT2D eigenvalue weighted by Gasteiger charge is -2.38. The topological polar surface area (TPSA) is 23.5 Å². The molecule has 1 heterocycles. The molecule has 0 bridgehead atoms. The molecule has 2 rings (SSSR count). The van der Waals surface area contributed by atoms with Crippen molar-refractivity contribution in [2.75, 3.05) is 19.6 Å². The van der Waals surface area contributed by atoms with Gasteiger partial charge in [-0.3, -0.25) is 0 Å². The van der Waals surface area contributed by atoms with Gasteiger partial charge in [-0.2, -0.15) is 0 Å². The first-order valence-electron chi connectivity index (χ1n) is 6.83. The molecule has 2 nitrogen and oxygen atoms in total. The summed E-state index contributed by atoms with van der Waals surface area (Å²) in [4.78, 5) is 2.06. The third-order valence-corrected chi connectivity index (χ3v) is 4.13. The van der Waals surface area contributed by atoms with Gasteiger partial charge in [0.25, 0.3) is 0 Å². The summed E-state index contributed by atoms with van der Waals surface area (Å²) in [6.07, 6.45) is 3.74. The van der Waals surface area contributed by atoms with E-state index in [-0.39, 0.29) is 6.42 Å². The molecule has 1 saturated heterocycles. The predicted molar refractivity (Wildman–Crippen MR) is 63.1 cm³/mol. The Kier molecular flexibility index (Phi) is 4.74. The SMILES string of the molecule is O[C@H]1C[C@@H](C(F)F)CN(CC2CCCCC2)C1. The molecule has 0 aromatic rings. The van der Waals surface area contributed by atoms with Crippen molar-refractivity contribution in [3.05, 3.63) is 0 Å². The molecule has 0 spiro atoms. The Morgan fingerprint density at radius 1 is 1.12 bits per heavy atom. The van der Waals surface area contributed by atoms with E-state index in [0.717, 1.165) is 6.54 Å². The first-order valence-corrected chi connectivity index (χ1v) is 6.83. The number of aliphatic hydroxyl groups is 1. The van der Waals surface area contributed by atoms with Crippen LogP contribution in [0.1, 0.15) is 38.5 Å². The molecule has 0 amide bonds. The minimum atomic E-state index is -2.29. The Labute approximate surface area is 102 Å². The molecular formula is C13H23F2NO. The monoisotopic (exact) mass is 247 g/mol. The molecule has 17 heavy (non-hydrogen) atoms. The molecule has 100 valence electrons. The molecule has 1 aliphatic heterocycles. The van der Waals surface area contributed by atoms with Crippen LogP contribution in [0.4, 0.5) is 8.78 Å². The number of likely N-dealkylation sites (tertiary alicyclic amines) is 1. The number of rotatable bonds is 3. The first-order chi connectivity index (χ1) is 8.15. The zero-order chi connectivity index (χ0) is 12.3. The lowest BCUT2D eigenvalue weighted by Crippen LogP contribution is -2.47. The van der Waals surface area contributed by atoms with Crippen molar-refractivity contribution in [1.82, 2.24) is 4.90 Å². The van der Waals surface area contributed by atoms with Gasteiger partial charge >= 0.3 is 0 Å². The highest BCUT2D eigenvalue weighted by molar-refractivity contribution is 4.82. The van der Waals surface area contributed by atoms with E-state index in [1.165, 1.54) is 32.1 Å². The second-order valence-corrected chi connectivity index (χ2v) is 5.71. The molecule has 0 radical (unpaired) electrons. The summed E-state index contributed by atoms with van der Waals surface area (Å²) >= 11 is 0. The van der Waals surface area contributed by atoms with Crippen molar-refractivity contribution in [1.29, 1.82) is 0 Å². The number of hydrogen-bond acceptors (Lipinski definition) is 2. The van der Waals surface area contributed by atoms with Crippen LogP contribution in [-0.2, 0) is 0 Å². The lowest BCUT2D eigenvalue weighted by molar-refractivity contribution is -0.0307. The zero-order valence-electron chi connectivity index (χ0n) is 10.3. The van der Waals surface area contributed by atoms with Crippen molar-refractivity contribution in [2.45, 2.75) is 51.1 Å². The molecule has 2 atom stereocenters. The molecule has 0 aromatic carbocycles. The zero-order valence-corrected chi connectivity index (χ0v) is 10.3. The van der Waals surface area contributed by atoms with Crippen LogP contribution in [0.5, 0.6) is 0 Å². The fourth-order valence-corrected chi connectivity index (χ4v) is 3.27. The maximum Gasteiger partial charge on any atom is 0.242 e. The Morgan fingerprint density at radius 3 is 2.47 bits per heavy atom. The normalized spacial score (nSPS) is 33.2. The molecule has 0 aromatic heterocycles.